The van der Waals surface area contributed by atoms with Gasteiger partial charge in [-0.2, -0.15) is 0 Å². The third-order valence-corrected chi connectivity index (χ3v) is 5.11. The molecule has 170 valence electrons. The van der Waals surface area contributed by atoms with E-state index in [0.29, 0.717) is 36.9 Å². The highest BCUT2D eigenvalue weighted by atomic mass is 16.5. The Morgan fingerprint density at radius 1 is 1.00 bits per heavy atom. The molecular formula is C26H26N2O5. The first-order chi connectivity index (χ1) is 16.1. The molecular weight excluding hydrogens is 420 g/mol. The molecule has 7 heteroatoms. The monoisotopic (exact) mass is 446 g/mol. The van der Waals surface area contributed by atoms with Crippen molar-refractivity contribution < 1.29 is 23.8 Å². The number of ether oxygens (including phenoxy) is 3. The van der Waals surface area contributed by atoms with Crippen molar-refractivity contribution >= 4 is 23.2 Å². The zero-order valence-electron chi connectivity index (χ0n) is 18.5. The fourth-order valence-electron chi connectivity index (χ4n) is 3.56. The Bertz CT molecular complexity index is 1100. The van der Waals surface area contributed by atoms with E-state index in [1.807, 2.05) is 61.5 Å². The highest BCUT2D eigenvalue weighted by Crippen LogP contribution is 2.34. The molecule has 1 aliphatic heterocycles. The van der Waals surface area contributed by atoms with Crippen LogP contribution in [-0.2, 0) is 16.0 Å². The molecule has 1 N–H and O–H groups in total. The van der Waals surface area contributed by atoms with Gasteiger partial charge in [-0.3, -0.25) is 9.59 Å². The number of para-hydroxylation sites is 1. The number of hydrogen-bond acceptors (Lipinski definition) is 5. The van der Waals surface area contributed by atoms with Gasteiger partial charge in [-0.1, -0.05) is 30.3 Å². The predicted octanol–water partition coefficient (Wildman–Crippen LogP) is 4.07. The minimum Gasteiger partial charge on any atom is -0.494 e. The highest BCUT2D eigenvalue weighted by Gasteiger charge is 2.25. The molecule has 0 bridgehead atoms. The predicted molar refractivity (Wildman–Crippen MR) is 126 cm³/mol. The summed E-state index contributed by atoms with van der Waals surface area (Å²) in [6.45, 7) is 3.23. The molecule has 3 aromatic carbocycles. The van der Waals surface area contributed by atoms with Gasteiger partial charge in [0, 0.05) is 11.8 Å². The van der Waals surface area contributed by atoms with Gasteiger partial charge in [0.25, 0.3) is 5.91 Å². The number of rotatable bonds is 9. The quantitative estimate of drug-likeness (QED) is 0.536. The Hall–Kier alpha value is -4.00. The average Bonchev–Trinajstić information content (AvgIpc) is 2.82. The van der Waals surface area contributed by atoms with E-state index in [2.05, 4.69) is 5.32 Å². The lowest BCUT2D eigenvalue weighted by Crippen LogP contribution is -2.41. The molecule has 3 aromatic rings. The molecule has 7 nitrogen and oxygen atoms in total. The van der Waals surface area contributed by atoms with Gasteiger partial charge >= 0.3 is 0 Å². The maximum Gasteiger partial charge on any atom is 0.265 e. The molecule has 1 aliphatic rings. The summed E-state index contributed by atoms with van der Waals surface area (Å²) < 4.78 is 16.8. The lowest BCUT2D eigenvalue weighted by Gasteiger charge is -2.29. The first-order valence-corrected chi connectivity index (χ1v) is 10.9. The van der Waals surface area contributed by atoms with Crippen molar-refractivity contribution in [2.24, 2.45) is 0 Å². The van der Waals surface area contributed by atoms with Crippen LogP contribution in [0.4, 0.5) is 11.4 Å². The Kier molecular flexibility index (Phi) is 7.09. The number of benzene rings is 3. The van der Waals surface area contributed by atoms with Gasteiger partial charge in [0.1, 0.15) is 23.9 Å². The van der Waals surface area contributed by atoms with Crippen LogP contribution in [0.15, 0.2) is 72.8 Å². The van der Waals surface area contributed by atoms with Crippen LogP contribution in [-0.4, -0.2) is 38.2 Å². The fourth-order valence-corrected chi connectivity index (χ4v) is 3.56. The third-order valence-electron chi connectivity index (χ3n) is 5.11. The van der Waals surface area contributed by atoms with Crippen molar-refractivity contribution in [3.8, 4) is 17.2 Å². The van der Waals surface area contributed by atoms with Gasteiger partial charge in [0.15, 0.2) is 6.61 Å². The summed E-state index contributed by atoms with van der Waals surface area (Å²) in [6, 6.07) is 22.2. The summed E-state index contributed by atoms with van der Waals surface area (Å²) in [4.78, 5) is 26.5. The molecule has 0 aromatic heterocycles. The normalized spacial score (nSPS) is 12.5. The van der Waals surface area contributed by atoms with Crippen LogP contribution in [0.3, 0.4) is 0 Å². The first kappa shape index (κ1) is 22.2. The smallest absolute Gasteiger partial charge is 0.265 e. The number of fused-ring (bicyclic) bond motifs is 1. The molecule has 0 atom stereocenters. The van der Waals surface area contributed by atoms with Crippen LogP contribution < -0.4 is 24.4 Å². The number of carbonyl (C=O) groups is 2. The minimum absolute atomic E-state index is 0.0537. The molecule has 0 spiro atoms. The maximum atomic E-state index is 12.5. The molecule has 0 fully saturated rings. The zero-order chi connectivity index (χ0) is 23.0. The van der Waals surface area contributed by atoms with Crippen LogP contribution in [0.25, 0.3) is 0 Å². The van der Waals surface area contributed by atoms with Gasteiger partial charge in [-0.25, -0.2) is 0 Å². The van der Waals surface area contributed by atoms with E-state index < -0.39 is 0 Å². The number of nitrogens with one attached hydrogen (secondary N) is 1. The second kappa shape index (κ2) is 10.5. The zero-order valence-corrected chi connectivity index (χ0v) is 18.5. The van der Waals surface area contributed by atoms with E-state index in [9.17, 15) is 9.59 Å². The van der Waals surface area contributed by atoms with Crippen LogP contribution in [0, 0.1) is 0 Å². The number of anilines is 2. The van der Waals surface area contributed by atoms with E-state index in [0.717, 1.165) is 17.1 Å². The number of amides is 2. The van der Waals surface area contributed by atoms with Gasteiger partial charge in [-0.15, -0.1) is 0 Å². The van der Waals surface area contributed by atoms with Crippen molar-refractivity contribution in [2.75, 3.05) is 36.6 Å². The van der Waals surface area contributed by atoms with Crippen molar-refractivity contribution in [2.45, 2.75) is 13.3 Å². The van der Waals surface area contributed by atoms with E-state index in [1.165, 1.54) is 0 Å². The molecule has 2 amide bonds. The summed E-state index contributed by atoms with van der Waals surface area (Å²) in [5.41, 5.74) is 2.16. The minimum atomic E-state index is -0.140. The number of nitrogens with zero attached hydrogens (tertiary/aromatic N) is 1. The fraction of sp³-hybridized carbons (Fsp3) is 0.231. The number of carbonyl (C=O) groups excluding carboxylic acids is 2. The maximum absolute atomic E-state index is 12.5. The molecule has 0 saturated carbocycles. The van der Waals surface area contributed by atoms with Crippen LogP contribution in [0.1, 0.15) is 12.5 Å². The Labute approximate surface area is 192 Å². The second-order valence-electron chi connectivity index (χ2n) is 7.48. The van der Waals surface area contributed by atoms with E-state index in [4.69, 9.17) is 14.2 Å². The highest BCUT2D eigenvalue weighted by molar-refractivity contribution is 5.99. The molecule has 0 radical (unpaired) electrons. The topological polar surface area (TPSA) is 77.1 Å². The lowest BCUT2D eigenvalue weighted by molar-refractivity contribution is -0.121. The summed E-state index contributed by atoms with van der Waals surface area (Å²) in [5.74, 6) is 1.81. The van der Waals surface area contributed by atoms with Crippen molar-refractivity contribution in [3.05, 3.63) is 78.4 Å². The molecule has 0 saturated heterocycles. The summed E-state index contributed by atoms with van der Waals surface area (Å²) >= 11 is 0. The Morgan fingerprint density at radius 3 is 2.52 bits per heavy atom. The van der Waals surface area contributed by atoms with Gasteiger partial charge in [-0.05, 0) is 48.9 Å². The Balaban J connectivity index is 1.36. The second-order valence-corrected chi connectivity index (χ2v) is 7.48. The summed E-state index contributed by atoms with van der Waals surface area (Å²) in [6.07, 6.45) is 0.242. The van der Waals surface area contributed by atoms with Gasteiger partial charge < -0.3 is 24.4 Å². The third kappa shape index (κ3) is 5.83. The molecule has 33 heavy (non-hydrogen) atoms. The average molecular weight is 447 g/mol. The molecule has 4 rings (SSSR count). The van der Waals surface area contributed by atoms with Crippen molar-refractivity contribution in [3.63, 3.8) is 0 Å². The van der Waals surface area contributed by atoms with Gasteiger partial charge in [0.2, 0.25) is 5.91 Å². The molecule has 0 unspecified atom stereocenters. The van der Waals surface area contributed by atoms with Crippen molar-refractivity contribution in [1.82, 2.24) is 0 Å². The summed E-state index contributed by atoms with van der Waals surface area (Å²) in [5, 5.41) is 2.89. The lowest BCUT2D eigenvalue weighted by atomic mass is 10.1. The van der Waals surface area contributed by atoms with Crippen molar-refractivity contribution in [1.29, 1.82) is 0 Å². The van der Waals surface area contributed by atoms with Crippen LogP contribution >= 0.6 is 0 Å². The SMILES string of the molecule is CCOc1ccc(CC(=O)Nc2ccc3c(c2)OCC(=O)N3CCOc2ccccc2)cc1. The standard InChI is InChI=1S/C26H26N2O5/c1-2-31-22-11-8-19(9-12-22)16-25(29)27-20-10-13-23-24(17-20)33-18-26(30)28(23)14-15-32-21-6-4-3-5-7-21/h3-13,17H,2,14-16,18H2,1H3,(H,27,29). The largest absolute Gasteiger partial charge is 0.494 e. The van der Waals surface area contributed by atoms with Gasteiger partial charge in [0.05, 0.1) is 25.3 Å². The number of hydrogen-bond donors (Lipinski definition) is 1. The Morgan fingerprint density at radius 2 is 1.76 bits per heavy atom. The van der Waals surface area contributed by atoms with E-state index >= 15 is 0 Å². The van der Waals surface area contributed by atoms with Crippen LogP contribution in [0.2, 0.25) is 0 Å². The van der Waals surface area contributed by atoms with Crippen LogP contribution in [0.5, 0.6) is 17.2 Å². The van der Waals surface area contributed by atoms with E-state index in [-0.39, 0.29) is 24.8 Å². The van der Waals surface area contributed by atoms with E-state index in [1.54, 1.807) is 23.1 Å². The first-order valence-electron chi connectivity index (χ1n) is 10.9. The summed E-state index contributed by atoms with van der Waals surface area (Å²) in [7, 11) is 0. The molecule has 1 heterocycles. The molecule has 0 aliphatic carbocycles.